The van der Waals surface area contributed by atoms with Crippen molar-refractivity contribution >= 4 is 11.5 Å². The lowest BCUT2D eigenvalue weighted by Crippen LogP contribution is -2.03. The molecule has 2 aromatic carbocycles. The molecule has 0 aliphatic carbocycles. The summed E-state index contributed by atoms with van der Waals surface area (Å²) in [7, 11) is 0. The predicted octanol–water partition coefficient (Wildman–Crippen LogP) is 3.84. The monoisotopic (exact) mass is 265 g/mol. The van der Waals surface area contributed by atoms with Crippen LogP contribution in [0, 0.1) is 0 Å². The molecule has 1 aliphatic heterocycles. The van der Waals surface area contributed by atoms with Gasteiger partial charge in [-0.05, 0) is 36.1 Å². The lowest BCUT2D eigenvalue weighted by molar-refractivity contribution is 0.103. The fraction of sp³-hybridized carbons (Fsp3) is 0.278. The van der Waals surface area contributed by atoms with E-state index < -0.39 is 0 Å². The summed E-state index contributed by atoms with van der Waals surface area (Å²) in [5.74, 6) is 0.111. The van der Waals surface area contributed by atoms with Crippen molar-refractivity contribution < 1.29 is 4.79 Å². The summed E-state index contributed by atoms with van der Waals surface area (Å²) >= 11 is 0. The van der Waals surface area contributed by atoms with E-state index in [1.165, 1.54) is 11.1 Å². The zero-order valence-corrected chi connectivity index (χ0v) is 11.8. The Kier molecular flexibility index (Phi) is 3.55. The average Bonchev–Trinajstić information content (AvgIpc) is 2.94. The molecule has 0 aromatic heterocycles. The lowest BCUT2D eigenvalue weighted by atomic mass is 9.98. The molecule has 0 unspecified atom stereocenters. The van der Waals surface area contributed by atoms with Crippen molar-refractivity contribution in [3.63, 3.8) is 0 Å². The van der Waals surface area contributed by atoms with Crippen molar-refractivity contribution in [1.29, 1.82) is 0 Å². The number of aryl methyl sites for hydroxylation is 1. The van der Waals surface area contributed by atoms with Gasteiger partial charge in [0.1, 0.15) is 0 Å². The largest absolute Gasteiger partial charge is 0.384 e. The zero-order chi connectivity index (χ0) is 13.9. The first-order valence-corrected chi connectivity index (χ1v) is 7.28. The van der Waals surface area contributed by atoms with Crippen LogP contribution < -0.4 is 5.32 Å². The Hall–Kier alpha value is -2.09. The molecule has 2 nitrogen and oxygen atoms in total. The van der Waals surface area contributed by atoms with Gasteiger partial charge in [0.15, 0.2) is 5.78 Å². The molecule has 0 amide bonds. The van der Waals surface area contributed by atoms with Gasteiger partial charge in [0.05, 0.1) is 0 Å². The highest BCUT2D eigenvalue weighted by atomic mass is 16.1. The number of fused-ring (bicyclic) bond motifs is 1. The van der Waals surface area contributed by atoms with Gasteiger partial charge in [-0.25, -0.2) is 0 Å². The third-order valence-corrected chi connectivity index (χ3v) is 3.81. The molecule has 0 saturated heterocycles. The van der Waals surface area contributed by atoms with Crippen LogP contribution in [0.15, 0.2) is 42.5 Å². The highest BCUT2D eigenvalue weighted by Crippen LogP contribution is 2.24. The number of carbonyl (C=O) groups is 1. The Balaban J connectivity index is 1.90. The van der Waals surface area contributed by atoms with E-state index in [9.17, 15) is 4.79 Å². The molecule has 2 aromatic rings. The van der Waals surface area contributed by atoms with E-state index in [1.54, 1.807) is 0 Å². The molecule has 0 radical (unpaired) electrons. The van der Waals surface area contributed by atoms with Crippen LogP contribution in [-0.4, -0.2) is 12.3 Å². The second-order valence-corrected chi connectivity index (χ2v) is 5.33. The van der Waals surface area contributed by atoms with Crippen molar-refractivity contribution in [3.05, 3.63) is 64.7 Å². The maximum absolute atomic E-state index is 12.6. The normalized spacial score (nSPS) is 12.8. The quantitative estimate of drug-likeness (QED) is 0.851. The van der Waals surface area contributed by atoms with Gasteiger partial charge >= 0.3 is 0 Å². The van der Waals surface area contributed by atoms with Gasteiger partial charge in [-0.2, -0.15) is 0 Å². The van der Waals surface area contributed by atoms with E-state index in [0.29, 0.717) is 0 Å². The highest BCUT2D eigenvalue weighted by molar-refractivity contribution is 6.09. The van der Waals surface area contributed by atoms with E-state index in [0.717, 1.165) is 42.6 Å². The van der Waals surface area contributed by atoms with Crippen molar-refractivity contribution in [2.24, 2.45) is 0 Å². The minimum absolute atomic E-state index is 0.111. The second kappa shape index (κ2) is 5.49. The molecule has 3 rings (SSSR count). The number of hydrogen-bond donors (Lipinski definition) is 1. The van der Waals surface area contributed by atoms with Crippen molar-refractivity contribution in [2.45, 2.75) is 26.2 Å². The van der Waals surface area contributed by atoms with Crippen LogP contribution in [0.2, 0.25) is 0 Å². The van der Waals surface area contributed by atoms with E-state index in [2.05, 4.69) is 24.4 Å². The Bertz CT molecular complexity index is 646. The van der Waals surface area contributed by atoms with Gasteiger partial charge in [-0.1, -0.05) is 43.7 Å². The number of ketones is 1. The zero-order valence-electron chi connectivity index (χ0n) is 11.8. The fourth-order valence-corrected chi connectivity index (χ4v) is 2.76. The van der Waals surface area contributed by atoms with Gasteiger partial charge in [-0.3, -0.25) is 4.79 Å². The van der Waals surface area contributed by atoms with Crippen LogP contribution in [0.1, 0.15) is 40.4 Å². The fourth-order valence-electron chi connectivity index (χ4n) is 2.76. The number of anilines is 1. The minimum atomic E-state index is 0.111. The number of nitrogens with one attached hydrogen (secondary N) is 1. The summed E-state index contributed by atoms with van der Waals surface area (Å²) in [5, 5.41) is 3.33. The van der Waals surface area contributed by atoms with Crippen LogP contribution in [0.3, 0.4) is 0 Å². The molecule has 1 aliphatic rings. The van der Waals surface area contributed by atoms with E-state index >= 15 is 0 Å². The summed E-state index contributed by atoms with van der Waals surface area (Å²) in [4.78, 5) is 12.6. The molecule has 0 spiro atoms. The maximum atomic E-state index is 12.6. The third-order valence-electron chi connectivity index (χ3n) is 3.81. The average molecular weight is 265 g/mol. The summed E-state index contributed by atoms with van der Waals surface area (Å²) in [6, 6.07) is 14.0. The minimum Gasteiger partial charge on any atom is -0.384 e. The lowest BCUT2D eigenvalue weighted by Gasteiger charge is -2.06. The van der Waals surface area contributed by atoms with Crippen molar-refractivity contribution in [2.75, 3.05) is 11.9 Å². The number of hydrogen-bond acceptors (Lipinski definition) is 2. The molecular weight excluding hydrogens is 246 g/mol. The molecule has 102 valence electrons. The number of benzene rings is 2. The van der Waals surface area contributed by atoms with Crippen molar-refractivity contribution in [1.82, 2.24) is 0 Å². The first-order chi connectivity index (χ1) is 9.78. The Morgan fingerprint density at radius 3 is 2.85 bits per heavy atom. The number of rotatable bonds is 4. The summed E-state index contributed by atoms with van der Waals surface area (Å²) in [6.45, 7) is 3.12. The summed E-state index contributed by atoms with van der Waals surface area (Å²) in [5.41, 5.74) is 5.21. The van der Waals surface area contributed by atoms with E-state index in [-0.39, 0.29) is 5.78 Å². The standard InChI is InChI=1S/C18H19NO/c1-2-4-13-5-3-6-15(11-13)18(20)16-8-7-14-9-10-19-17(14)12-16/h3,5-8,11-12,19H,2,4,9-10H2,1H3. The third kappa shape index (κ3) is 2.46. The summed E-state index contributed by atoms with van der Waals surface area (Å²) in [6.07, 6.45) is 3.17. The molecule has 0 bridgehead atoms. The van der Waals surface area contributed by atoms with Gasteiger partial charge in [-0.15, -0.1) is 0 Å². The molecule has 0 atom stereocenters. The Labute approximate surface area is 119 Å². The van der Waals surface area contributed by atoms with Gasteiger partial charge < -0.3 is 5.32 Å². The summed E-state index contributed by atoms with van der Waals surface area (Å²) < 4.78 is 0. The predicted molar refractivity (Wildman–Crippen MR) is 82.5 cm³/mol. The Morgan fingerprint density at radius 1 is 1.15 bits per heavy atom. The van der Waals surface area contributed by atoms with Crippen LogP contribution in [0.5, 0.6) is 0 Å². The molecule has 1 N–H and O–H groups in total. The highest BCUT2D eigenvalue weighted by Gasteiger charge is 2.14. The second-order valence-electron chi connectivity index (χ2n) is 5.33. The van der Waals surface area contributed by atoms with Crippen molar-refractivity contribution in [3.8, 4) is 0 Å². The van der Waals surface area contributed by atoms with Crippen LogP contribution >= 0.6 is 0 Å². The van der Waals surface area contributed by atoms with Gasteiger partial charge in [0.25, 0.3) is 0 Å². The number of carbonyl (C=O) groups excluding carboxylic acids is 1. The molecular formula is C18H19NO. The van der Waals surface area contributed by atoms with Crippen LogP contribution in [0.4, 0.5) is 5.69 Å². The van der Waals surface area contributed by atoms with Gasteiger partial charge in [0.2, 0.25) is 0 Å². The molecule has 1 heterocycles. The maximum Gasteiger partial charge on any atom is 0.193 e. The smallest absolute Gasteiger partial charge is 0.193 e. The van der Waals surface area contributed by atoms with Crippen LogP contribution in [0.25, 0.3) is 0 Å². The topological polar surface area (TPSA) is 29.1 Å². The SMILES string of the molecule is CCCc1cccc(C(=O)c2ccc3c(c2)NCC3)c1. The van der Waals surface area contributed by atoms with E-state index in [4.69, 9.17) is 0 Å². The van der Waals surface area contributed by atoms with E-state index in [1.807, 2.05) is 30.3 Å². The molecule has 0 saturated carbocycles. The molecule has 20 heavy (non-hydrogen) atoms. The first kappa shape index (κ1) is 12.9. The van der Waals surface area contributed by atoms with Crippen LogP contribution in [-0.2, 0) is 12.8 Å². The molecule has 0 fully saturated rings. The first-order valence-electron chi connectivity index (χ1n) is 7.28. The van der Waals surface area contributed by atoms with Gasteiger partial charge in [0, 0.05) is 23.4 Å². The molecule has 2 heteroatoms. The Morgan fingerprint density at radius 2 is 2.00 bits per heavy atom.